The van der Waals surface area contributed by atoms with Crippen LogP contribution in [0.2, 0.25) is 0 Å². The van der Waals surface area contributed by atoms with Gasteiger partial charge >= 0.3 is 0 Å². The van der Waals surface area contributed by atoms with Gasteiger partial charge in [-0.05, 0) is 37.3 Å². The van der Waals surface area contributed by atoms with Crippen molar-refractivity contribution in [2.24, 2.45) is 0 Å². The highest BCUT2D eigenvalue weighted by Crippen LogP contribution is 2.42. The summed E-state index contributed by atoms with van der Waals surface area (Å²) in [5.74, 6) is 1.25. The highest BCUT2D eigenvalue weighted by atomic mass is 16.5. The lowest BCUT2D eigenvalue weighted by Crippen LogP contribution is -2.31. The normalized spacial score (nSPS) is 15.4. The third-order valence-corrected chi connectivity index (χ3v) is 5.54. The molecule has 1 aliphatic rings. The Morgan fingerprint density at radius 3 is 2.52 bits per heavy atom. The lowest BCUT2D eigenvalue weighted by atomic mass is 9.93. The van der Waals surface area contributed by atoms with E-state index in [1.807, 2.05) is 85.8 Å². The molecule has 154 valence electrons. The number of anilines is 2. The largest absolute Gasteiger partial charge is 0.496 e. The molecule has 6 nitrogen and oxygen atoms in total. The van der Waals surface area contributed by atoms with Gasteiger partial charge in [-0.25, -0.2) is 4.98 Å². The molecule has 0 fully saturated rings. The highest BCUT2D eigenvalue weighted by Gasteiger charge is 2.35. The fourth-order valence-corrected chi connectivity index (χ4v) is 4.16. The van der Waals surface area contributed by atoms with E-state index in [0.717, 1.165) is 33.7 Å². The Morgan fingerprint density at radius 2 is 1.71 bits per heavy atom. The summed E-state index contributed by atoms with van der Waals surface area (Å²) < 4.78 is 7.74. The predicted molar refractivity (Wildman–Crippen MR) is 122 cm³/mol. The Morgan fingerprint density at radius 1 is 1.00 bits per heavy atom. The zero-order valence-electron chi connectivity index (χ0n) is 17.3. The van der Waals surface area contributed by atoms with Crippen LogP contribution in [0.3, 0.4) is 0 Å². The molecule has 6 heteroatoms. The number of amides is 1. The lowest BCUT2D eigenvalue weighted by Gasteiger charge is -2.31. The molecule has 2 N–H and O–H groups in total. The number of benzene rings is 3. The summed E-state index contributed by atoms with van der Waals surface area (Å²) in [6.07, 6.45) is 0. The molecule has 0 unspecified atom stereocenters. The van der Waals surface area contributed by atoms with Crippen LogP contribution in [-0.4, -0.2) is 22.6 Å². The van der Waals surface area contributed by atoms with Crippen molar-refractivity contribution in [3.05, 3.63) is 95.7 Å². The maximum absolute atomic E-state index is 13.5. The minimum Gasteiger partial charge on any atom is -0.496 e. The third-order valence-electron chi connectivity index (χ3n) is 5.54. The van der Waals surface area contributed by atoms with Gasteiger partial charge in [0.25, 0.3) is 5.91 Å². The molecule has 0 radical (unpaired) electrons. The molecule has 0 spiro atoms. The molecule has 1 atom stereocenters. The van der Waals surface area contributed by atoms with Crippen molar-refractivity contribution in [1.29, 1.82) is 0 Å². The van der Waals surface area contributed by atoms with Crippen LogP contribution in [0.4, 0.5) is 11.6 Å². The first kappa shape index (κ1) is 18.9. The average molecular weight is 410 g/mol. The second-order valence-corrected chi connectivity index (χ2v) is 7.42. The smallest absolute Gasteiger partial charge is 0.255 e. The number of carbonyl (C=O) groups excluding carboxylic acids is 1. The quantitative estimate of drug-likeness (QED) is 0.498. The first-order valence-electron chi connectivity index (χ1n) is 10.1. The first-order valence-corrected chi connectivity index (χ1v) is 10.1. The summed E-state index contributed by atoms with van der Waals surface area (Å²) in [7, 11) is 1.65. The lowest BCUT2D eigenvalue weighted by molar-refractivity contribution is -0.113. The van der Waals surface area contributed by atoms with Crippen molar-refractivity contribution in [2.75, 3.05) is 17.7 Å². The fraction of sp³-hybridized carbons (Fsp3) is 0.120. The SMILES string of the molecule is COc1ccccc1[C@@H]1C(C(=O)Nc2ccccc2)=C(C)Nc2nc3ccccc3n21. The van der Waals surface area contributed by atoms with Gasteiger partial charge in [0, 0.05) is 16.9 Å². The van der Waals surface area contributed by atoms with Crippen molar-refractivity contribution >= 4 is 28.6 Å². The number of imidazole rings is 1. The number of para-hydroxylation sites is 4. The molecule has 31 heavy (non-hydrogen) atoms. The Kier molecular flexibility index (Phi) is 4.67. The molecule has 5 rings (SSSR count). The Bertz CT molecular complexity index is 1310. The van der Waals surface area contributed by atoms with Crippen molar-refractivity contribution in [1.82, 2.24) is 9.55 Å². The molecule has 3 aromatic carbocycles. The Labute approximate surface area is 180 Å². The number of rotatable bonds is 4. The molecular formula is C25H22N4O2. The van der Waals surface area contributed by atoms with Gasteiger partial charge in [-0.2, -0.15) is 0 Å². The summed E-state index contributed by atoms with van der Waals surface area (Å²) in [5.41, 5.74) is 4.82. The summed E-state index contributed by atoms with van der Waals surface area (Å²) in [6, 6.07) is 24.8. The maximum Gasteiger partial charge on any atom is 0.255 e. The summed E-state index contributed by atoms with van der Waals surface area (Å²) >= 11 is 0. The number of carbonyl (C=O) groups is 1. The second-order valence-electron chi connectivity index (χ2n) is 7.42. The number of allylic oxidation sites excluding steroid dienone is 1. The number of hydrogen-bond acceptors (Lipinski definition) is 4. The van der Waals surface area contributed by atoms with Gasteiger partial charge in [-0.1, -0.05) is 48.5 Å². The van der Waals surface area contributed by atoms with Crippen molar-refractivity contribution in [3.8, 4) is 5.75 Å². The molecule has 0 aliphatic carbocycles. The summed E-state index contributed by atoms with van der Waals surface area (Å²) in [5, 5.41) is 6.37. The highest BCUT2D eigenvalue weighted by molar-refractivity contribution is 6.06. The van der Waals surface area contributed by atoms with Crippen LogP contribution >= 0.6 is 0 Å². The molecular weight excluding hydrogens is 388 g/mol. The monoisotopic (exact) mass is 410 g/mol. The van der Waals surface area contributed by atoms with E-state index in [-0.39, 0.29) is 5.91 Å². The number of ether oxygens (including phenoxy) is 1. The van der Waals surface area contributed by atoms with Crippen LogP contribution in [-0.2, 0) is 4.79 Å². The first-order chi connectivity index (χ1) is 15.2. The van der Waals surface area contributed by atoms with E-state index in [9.17, 15) is 4.79 Å². The Balaban J connectivity index is 1.71. The average Bonchev–Trinajstić information content (AvgIpc) is 3.16. The number of aromatic nitrogens is 2. The van der Waals surface area contributed by atoms with Crippen molar-refractivity contribution < 1.29 is 9.53 Å². The van der Waals surface area contributed by atoms with Gasteiger partial charge in [0.2, 0.25) is 5.95 Å². The second kappa shape index (κ2) is 7.65. The third kappa shape index (κ3) is 3.22. The van der Waals surface area contributed by atoms with E-state index in [0.29, 0.717) is 11.5 Å². The molecule has 1 aromatic heterocycles. The molecule has 2 heterocycles. The number of nitrogens with one attached hydrogen (secondary N) is 2. The van der Waals surface area contributed by atoms with Crippen molar-refractivity contribution in [2.45, 2.75) is 13.0 Å². The predicted octanol–water partition coefficient (Wildman–Crippen LogP) is 4.97. The van der Waals surface area contributed by atoms with E-state index >= 15 is 0 Å². The minimum atomic E-state index is -0.400. The number of hydrogen-bond donors (Lipinski definition) is 2. The maximum atomic E-state index is 13.5. The van der Waals surface area contributed by atoms with Gasteiger partial charge in [-0.3, -0.25) is 9.36 Å². The van der Waals surface area contributed by atoms with Crippen LogP contribution in [0.25, 0.3) is 11.0 Å². The van der Waals surface area contributed by atoms with Gasteiger partial charge in [0.1, 0.15) is 5.75 Å². The van der Waals surface area contributed by atoms with E-state index < -0.39 is 6.04 Å². The Hall–Kier alpha value is -4.06. The molecule has 0 saturated heterocycles. The van der Waals surface area contributed by atoms with Crippen LogP contribution in [0, 0.1) is 0 Å². The molecule has 1 aliphatic heterocycles. The summed E-state index contributed by atoms with van der Waals surface area (Å²) in [4.78, 5) is 18.3. The molecule has 4 aromatic rings. The number of nitrogens with zero attached hydrogens (tertiary/aromatic N) is 2. The van der Waals surface area contributed by atoms with Gasteiger partial charge in [0.05, 0.1) is 29.8 Å². The van der Waals surface area contributed by atoms with E-state index in [1.54, 1.807) is 7.11 Å². The molecule has 1 amide bonds. The van der Waals surface area contributed by atoms with E-state index in [2.05, 4.69) is 15.2 Å². The van der Waals surface area contributed by atoms with Gasteiger partial charge < -0.3 is 15.4 Å². The summed E-state index contributed by atoms with van der Waals surface area (Å²) in [6.45, 7) is 1.91. The van der Waals surface area contributed by atoms with Crippen LogP contribution in [0.5, 0.6) is 5.75 Å². The number of methoxy groups -OCH3 is 1. The van der Waals surface area contributed by atoms with Gasteiger partial charge in [-0.15, -0.1) is 0 Å². The van der Waals surface area contributed by atoms with Gasteiger partial charge in [0.15, 0.2) is 0 Å². The van der Waals surface area contributed by atoms with Crippen LogP contribution < -0.4 is 15.4 Å². The topological polar surface area (TPSA) is 68.2 Å². The van der Waals surface area contributed by atoms with E-state index in [4.69, 9.17) is 9.72 Å². The standard InChI is InChI=1S/C25H22N4O2/c1-16-22(24(30)27-17-10-4-3-5-11-17)23(18-12-6-9-15-21(18)31-2)29-20-14-8-7-13-19(20)28-25(29)26-16/h3-15,23H,1-2H3,(H,26,28)(H,27,30)/t23-/m1/s1. The van der Waals surface area contributed by atoms with Crippen LogP contribution in [0.15, 0.2) is 90.1 Å². The molecule has 0 saturated carbocycles. The van der Waals surface area contributed by atoms with Crippen LogP contribution in [0.1, 0.15) is 18.5 Å². The van der Waals surface area contributed by atoms with E-state index in [1.165, 1.54) is 0 Å². The molecule has 0 bridgehead atoms. The minimum absolute atomic E-state index is 0.171. The fourth-order valence-electron chi connectivity index (χ4n) is 4.16. The zero-order chi connectivity index (χ0) is 21.4. The van der Waals surface area contributed by atoms with Crippen molar-refractivity contribution in [3.63, 3.8) is 0 Å². The zero-order valence-corrected chi connectivity index (χ0v) is 17.3. The number of fused-ring (bicyclic) bond motifs is 3.